The Morgan fingerprint density at radius 1 is 1.07 bits per heavy atom. The van der Waals surface area contributed by atoms with E-state index in [0.29, 0.717) is 22.3 Å². The highest BCUT2D eigenvalue weighted by molar-refractivity contribution is 6.38. The standard InChI is InChI=1S/C21H17Cl2N3O2/c22-12-5-6-18(15(23)9-12)26-20(27)10-19(21(26)28)25-8-7-14-13-3-1-2-4-16(13)24-17(14)11-25/h1-6,9,19,24H,7-8,10-11H2/t19-/m1/s1. The highest BCUT2D eigenvalue weighted by Gasteiger charge is 2.44. The van der Waals surface area contributed by atoms with E-state index in [2.05, 4.69) is 22.0 Å². The summed E-state index contributed by atoms with van der Waals surface area (Å²) in [6, 6.07) is 12.6. The van der Waals surface area contributed by atoms with Gasteiger partial charge in [-0.15, -0.1) is 0 Å². The van der Waals surface area contributed by atoms with Crippen LogP contribution in [0.2, 0.25) is 10.0 Å². The first kappa shape index (κ1) is 17.7. The predicted octanol–water partition coefficient (Wildman–Crippen LogP) is 4.16. The van der Waals surface area contributed by atoms with E-state index in [1.165, 1.54) is 15.8 Å². The number of carbonyl (C=O) groups excluding carboxylic acids is 2. The molecule has 0 unspecified atom stereocenters. The molecule has 1 aromatic heterocycles. The average molecular weight is 414 g/mol. The topological polar surface area (TPSA) is 56.4 Å². The number of amides is 2. The van der Waals surface area contributed by atoms with Crippen molar-refractivity contribution in [1.82, 2.24) is 9.88 Å². The van der Waals surface area contributed by atoms with Crippen molar-refractivity contribution in [3.63, 3.8) is 0 Å². The molecule has 3 aromatic rings. The summed E-state index contributed by atoms with van der Waals surface area (Å²) in [7, 11) is 0. The molecule has 0 saturated carbocycles. The molecule has 2 aliphatic heterocycles. The first-order valence-corrected chi connectivity index (χ1v) is 9.93. The Labute approximate surface area is 171 Å². The molecule has 1 saturated heterocycles. The number of para-hydroxylation sites is 1. The fourth-order valence-corrected chi connectivity index (χ4v) is 4.79. The minimum absolute atomic E-state index is 0.160. The summed E-state index contributed by atoms with van der Waals surface area (Å²) in [6.07, 6.45) is 1.01. The quantitative estimate of drug-likeness (QED) is 0.641. The SMILES string of the molecule is O=C1C[C@@H](N2CCc3c([nH]c4ccccc34)C2)C(=O)N1c1ccc(Cl)cc1Cl. The number of nitrogens with one attached hydrogen (secondary N) is 1. The number of aromatic nitrogens is 1. The molecule has 3 heterocycles. The van der Waals surface area contributed by atoms with Gasteiger partial charge in [-0.3, -0.25) is 14.5 Å². The molecule has 0 bridgehead atoms. The smallest absolute Gasteiger partial charge is 0.251 e. The lowest BCUT2D eigenvalue weighted by atomic mass is 10.0. The monoisotopic (exact) mass is 413 g/mol. The van der Waals surface area contributed by atoms with Crippen LogP contribution in [0, 0.1) is 0 Å². The van der Waals surface area contributed by atoms with E-state index in [0.717, 1.165) is 24.2 Å². The molecular formula is C21H17Cl2N3O2. The average Bonchev–Trinajstić information content (AvgIpc) is 3.19. The van der Waals surface area contributed by atoms with Gasteiger partial charge in [0, 0.05) is 34.7 Å². The zero-order valence-electron chi connectivity index (χ0n) is 14.9. The fourth-order valence-electron chi connectivity index (χ4n) is 4.30. The van der Waals surface area contributed by atoms with Crippen LogP contribution < -0.4 is 4.90 Å². The molecule has 28 heavy (non-hydrogen) atoms. The Hall–Kier alpha value is -2.34. The summed E-state index contributed by atoms with van der Waals surface area (Å²) >= 11 is 12.2. The van der Waals surface area contributed by atoms with Crippen molar-refractivity contribution in [3.8, 4) is 0 Å². The van der Waals surface area contributed by atoms with Crippen molar-refractivity contribution in [2.24, 2.45) is 0 Å². The maximum absolute atomic E-state index is 13.1. The fraction of sp³-hybridized carbons (Fsp3) is 0.238. The van der Waals surface area contributed by atoms with E-state index in [-0.39, 0.29) is 18.2 Å². The second-order valence-corrected chi connectivity index (χ2v) is 8.07. The van der Waals surface area contributed by atoms with Gasteiger partial charge >= 0.3 is 0 Å². The van der Waals surface area contributed by atoms with Crippen molar-refractivity contribution in [2.75, 3.05) is 11.4 Å². The van der Waals surface area contributed by atoms with E-state index in [9.17, 15) is 9.59 Å². The summed E-state index contributed by atoms with van der Waals surface area (Å²) < 4.78 is 0. The molecule has 142 valence electrons. The van der Waals surface area contributed by atoms with E-state index >= 15 is 0 Å². The number of imide groups is 1. The minimum Gasteiger partial charge on any atom is -0.357 e. The van der Waals surface area contributed by atoms with Gasteiger partial charge in [-0.2, -0.15) is 0 Å². The molecule has 1 fully saturated rings. The van der Waals surface area contributed by atoms with Crippen LogP contribution >= 0.6 is 23.2 Å². The number of anilines is 1. The number of fused-ring (bicyclic) bond motifs is 3. The van der Waals surface area contributed by atoms with Crippen LogP contribution in [-0.2, 0) is 22.6 Å². The predicted molar refractivity (Wildman–Crippen MR) is 110 cm³/mol. The second kappa shape index (κ2) is 6.62. The first-order valence-electron chi connectivity index (χ1n) is 9.17. The minimum atomic E-state index is -0.473. The number of carbonyl (C=O) groups is 2. The molecule has 0 radical (unpaired) electrons. The van der Waals surface area contributed by atoms with E-state index in [1.54, 1.807) is 18.2 Å². The summed E-state index contributed by atoms with van der Waals surface area (Å²) in [5.41, 5.74) is 3.93. The molecule has 1 N–H and O–H groups in total. The van der Waals surface area contributed by atoms with E-state index < -0.39 is 6.04 Å². The summed E-state index contributed by atoms with van der Waals surface area (Å²) in [6.45, 7) is 1.36. The largest absolute Gasteiger partial charge is 0.357 e. The summed E-state index contributed by atoms with van der Waals surface area (Å²) in [4.78, 5) is 32.5. The van der Waals surface area contributed by atoms with Gasteiger partial charge in [0.05, 0.1) is 23.2 Å². The van der Waals surface area contributed by atoms with Crippen molar-refractivity contribution in [2.45, 2.75) is 25.4 Å². The third kappa shape index (κ3) is 2.73. The lowest BCUT2D eigenvalue weighted by Crippen LogP contribution is -2.44. The maximum atomic E-state index is 13.1. The highest BCUT2D eigenvalue weighted by Crippen LogP contribution is 2.35. The number of aromatic amines is 1. The molecule has 0 spiro atoms. The molecule has 2 aromatic carbocycles. The molecule has 2 amide bonds. The van der Waals surface area contributed by atoms with Crippen LogP contribution in [-0.4, -0.2) is 34.3 Å². The van der Waals surface area contributed by atoms with Gasteiger partial charge in [-0.1, -0.05) is 41.4 Å². The summed E-state index contributed by atoms with van der Waals surface area (Å²) in [5, 5.41) is 2.00. The lowest BCUT2D eigenvalue weighted by molar-refractivity contribution is -0.123. The van der Waals surface area contributed by atoms with Gasteiger partial charge in [0.1, 0.15) is 0 Å². The lowest BCUT2D eigenvalue weighted by Gasteiger charge is -2.30. The van der Waals surface area contributed by atoms with E-state index in [4.69, 9.17) is 23.2 Å². The molecule has 1 atom stereocenters. The number of H-pyrrole nitrogens is 1. The molecule has 2 aliphatic rings. The van der Waals surface area contributed by atoms with Gasteiger partial charge in [0.15, 0.2) is 0 Å². The summed E-state index contributed by atoms with van der Waals surface area (Å²) in [5.74, 6) is -0.463. The number of nitrogens with zero attached hydrogens (tertiary/aromatic N) is 2. The van der Waals surface area contributed by atoms with E-state index in [1.807, 2.05) is 12.1 Å². The molecule has 5 rings (SSSR count). The van der Waals surface area contributed by atoms with Crippen LogP contribution in [0.1, 0.15) is 17.7 Å². The van der Waals surface area contributed by atoms with Gasteiger partial charge in [0.2, 0.25) is 5.91 Å². The molecular weight excluding hydrogens is 397 g/mol. The Morgan fingerprint density at radius 2 is 1.89 bits per heavy atom. The van der Waals surface area contributed by atoms with Crippen LogP contribution in [0.3, 0.4) is 0 Å². The second-order valence-electron chi connectivity index (χ2n) is 7.23. The number of hydrogen-bond donors (Lipinski definition) is 1. The Bertz CT molecular complexity index is 1120. The van der Waals surface area contributed by atoms with Crippen LogP contribution in [0.4, 0.5) is 5.69 Å². The zero-order chi connectivity index (χ0) is 19.4. The van der Waals surface area contributed by atoms with Crippen molar-refractivity contribution in [1.29, 1.82) is 0 Å². The van der Waals surface area contributed by atoms with Gasteiger partial charge in [0.25, 0.3) is 5.91 Å². The highest BCUT2D eigenvalue weighted by atomic mass is 35.5. The van der Waals surface area contributed by atoms with Crippen molar-refractivity contribution < 1.29 is 9.59 Å². The normalized spacial score (nSPS) is 20.2. The molecule has 0 aliphatic carbocycles. The third-order valence-corrected chi connectivity index (χ3v) is 6.16. The number of hydrogen-bond acceptors (Lipinski definition) is 3. The van der Waals surface area contributed by atoms with Gasteiger partial charge < -0.3 is 4.98 Å². The first-order chi connectivity index (χ1) is 13.5. The van der Waals surface area contributed by atoms with Crippen molar-refractivity contribution >= 4 is 51.6 Å². The Balaban J connectivity index is 1.43. The Kier molecular flexibility index (Phi) is 4.19. The van der Waals surface area contributed by atoms with Gasteiger partial charge in [-0.05, 0) is 36.2 Å². The number of benzene rings is 2. The number of rotatable bonds is 2. The molecule has 5 nitrogen and oxygen atoms in total. The zero-order valence-corrected chi connectivity index (χ0v) is 16.4. The van der Waals surface area contributed by atoms with Crippen molar-refractivity contribution in [3.05, 3.63) is 63.8 Å². The van der Waals surface area contributed by atoms with Crippen LogP contribution in [0.15, 0.2) is 42.5 Å². The third-order valence-electron chi connectivity index (χ3n) is 5.63. The maximum Gasteiger partial charge on any atom is 0.251 e. The van der Waals surface area contributed by atoms with Crippen LogP contribution in [0.25, 0.3) is 10.9 Å². The Morgan fingerprint density at radius 3 is 2.71 bits per heavy atom. The molecule has 7 heteroatoms. The van der Waals surface area contributed by atoms with Crippen LogP contribution in [0.5, 0.6) is 0 Å². The number of halogens is 2. The van der Waals surface area contributed by atoms with Gasteiger partial charge in [-0.25, -0.2) is 4.90 Å².